The largest absolute Gasteiger partial charge is 0.290 e. The molecule has 0 bridgehead atoms. The number of aromatic nitrogens is 2. The summed E-state index contributed by atoms with van der Waals surface area (Å²) in [7, 11) is 0. The Morgan fingerprint density at radius 3 is 2.14 bits per heavy atom. The maximum absolute atomic E-state index is 13.2. The lowest BCUT2D eigenvalue weighted by Crippen LogP contribution is -2.49. The molecule has 9 heteroatoms. The zero-order valence-electron chi connectivity index (χ0n) is 19.8. The minimum absolute atomic E-state index is 0.129. The van der Waals surface area contributed by atoms with Gasteiger partial charge in [0.25, 0.3) is 5.91 Å². The van der Waals surface area contributed by atoms with Crippen molar-refractivity contribution in [2.45, 2.75) is 26.2 Å². The molecule has 6 nitrogen and oxygen atoms in total. The number of hydrogen-bond donors (Lipinski definition) is 2. The normalized spacial score (nSPS) is 11.3. The van der Waals surface area contributed by atoms with E-state index in [0.717, 1.165) is 11.1 Å². The molecule has 0 aliphatic rings. The number of rotatable bonds is 5. The summed E-state index contributed by atoms with van der Waals surface area (Å²) in [5.41, 5.74) is 7.69. The van der Waals surface area contributed by atoms with Gasteiger partial charge >= 0.3 is 0 Å². The van der Waals surface area contributed by atoms with E-state index in [1.54, 1.807) is 55.8 Å². The van der Waals surface area contributed by atoms with Crippen LogP contribution in [0.25, 0.3) is 16.9 Å². The van der Waals surface area contributed by atoms with Crippen molar-refractivity contribution in [3.05, 3.63) is 105 Å². The quantitative estimate of drug-likeness (QED) is 0.281. The van der Waals surface area contributed by atoms with E-state index in [2.05, 4.69) is 16.0 Å². The Morgan fingerprint density at radius 1 is 0.861 bits per heavy atom. The minimum atomic E-state index is -0.867. The Kier molecular flexibility index (Phi) is 7.41. The highest BCUT2D eigenvalue weighted by Gasteiger charge is 2.31. The zero-order valence-corrected chi connectivity index (χ0v) is 22.0. The Hall–Kier alpha value is -3.32. The summed E-state index contributed by atoms with van der Waals surface area (Å²) in [6, 6.07) is 21.5. The summed E-state index contributed by atoms with van der Waals surface area (Å²) in [4.78, 5) is 26.1. The molecule has 3 aromatic carbocycles. The van der Waals surface area contributed by atoms with Gasteiger partial charge in [0, 0.05) is 21.2 Å². The van der Waals surface area contributed by atoms with Crippen LogP contribution < -0.4 is 10.9 Å². The lowest BCUT2D eigenvalue weighted by atomic mass is 9.84. The first-order valence-corrected chi connectivity index (χ1v) is 12.2. The molecule has 0 radical (unpaired) electrons. The molecule has 0 atom stereocenters. The summed E-state index contributed by atoms with van der Waals surface area (Å²) in [6.07, 6.45) is 0. The summed E-state index contributed by atoms with van der Waals surface area (Å²) in [6.45, 7) is 5.35. The third kappa shape index (κ3) is 5.12. The molecule has 0 aliphatic heterocycles. The zero-order chi connectivity index (χ0) is 26.0. The molecule has 4 rings (SSSR count). The Morgan fingerprint density at radius 2 is 1.50 bits per heavy atom. The molecule has 0 aliphatic carbocycles. The Balaban J connectivity index is 1.68. The van der Waals surface area contributed by atoms with Crippen molar-refractivity contribution in [3.8, 4) is 16.9 Å². The third-order valence-electron chi connectivity index (χ3n) is 5.95. The van der Waals surface area contributed by atoms with Crippen LogP contribution in [-0.4, -0.2) is 21.6 Å². The van der Waals surface area contributed by atoms with E-state index in [9.17, 15) is 9.59 Å². The van der Waals surface area contributed by atoms with Gasteiger partial charge in [-0.25, -0.2) is 4.68 Å². The van der Waals surface area contributed by atoms with Crippen LogP contribution in [0.4, 0.5) is 0 Å². The fraction of sp³-hybridized carbons (Fsp3) is 0.148. The monoisotopic (exact) mass is 540 g/mol. The molecule has 4 aromatic rings. The average molecular weight is 542 g/mol. The van der Waals surface area contributed by atoms with E-state index in [-0.39, 0.29) is 11.6 Å². The van der Waals surface area contributed by atoms with Gasteiger partial charge in [0.2, 0.25) is 5.91 Å². The number of carbonyl (C=O) groups excluding carboxylic acids is 2. The lowest BCUT2D eigenvalue weighted by Gasteiger charge is -2.24. The van der Waals surface area contributed by atoms with Gasteiger partial charge in [0.1, 0.15) is 0 Å². The highest BCUT2D eigenvalue weighted by atomic mass is 35.5. The fourth-order valence-corrected chi connectivity index (χ4v) is 4.42. The molecule has 0 unspecified atom stereocenters. The van der Waals surface area contributed by atoms with Crippen LogP contribution in [0.5, 0.6) is 0 Å². The second-order valence-corrected chi connectivity index (χ2v) is 10.0. The molecule has 0 saturated heterocycles. The molecule has 2 N–H and O–H groups in total. The predicted molar refractivity (Wildman–Crippen MR) is 144 cm³/mol. The van der Waals surface area contributed by atoms with E-state index in [1.807, 2.05) is 42.5 Å². The number of benzene rings is 3. The highest BCUT2D eigenvalue weighted by Crippen LogP contribution is 2.33. The molecule has 36 heavy (non-hydrogen) atoms. The van der Waals surface area contributed by atoms with Crippen molar-refractivity contribution in [2.24, 2.45) is 0 Å². The molecule has 2 amide bonds. The molecule has 184 valence electrons. The summed E-state index contributed by atoms with van der Waals surface area (Å²) >= 11 is 18.6. The number of carbonyl (C=O) groups is 2. The predicted octanol–water partition coefficient (Wildman–Crippen LogP) is 6.55. The van der Waals surface area contributed by atoms with E-state index in [0.29, 0.717) is 32.0 Å². The number of hydrogen-bond acceptors (Lipinski definition) is 3. The van der Waals surface area contributed by atoms with Gasteiger partial charge in [-0.05, 0) is 56.7 Å². The highest BCUT2D eigenvalue weighted by molar-refractivity contribution is 6.35. The topological polar surface area (TPSA) is 76.0 Å². The van der Waals surface area contributed by atoms with Crippen LogP contribution in [0.2, 0.25) is 15.1 Å². The number of amides is 2. The number of hydrazine groups is 1. The molecular formula is C27H23Cl3N4O2. The van der Waals surface area contributed by atoms with Crippen molar-refractivity contribution in [1.29, 1.82) is 0 Å². The second-order valence-electron chi connectivity index (χ2n) is 8.74. The lowest BCUT2D eigenvalue weighted by molar-refractivity contribution is -0.126. The van der Waals surface area contributed by atoms with Crippen LogP contribution in [0.1, 0.15) is 35.5 Å². The van der Waals surface area contributed by atoms with Gasteiger partial charge in [-0.1, -0.05) is 77.3 Å². The Labute approximate surface area is 224 Å². The first-order chi connectivity index (χ1) is 17.1. The van der Waals surface area contributed by atoms with Crippen LogP contribution in [0.3, 0.4) is 0 Å². The summed E-state index contributed by atoms with van der Waals surface area (Å²) in [5, 5.41) is 5.98. The first kappa shape index (κ1) is 25.8. The van der Waals surface area contributed by atoms with Crippen LogP contribution in [0, 0.1) is 6.92 Å². The van der Waals surface area contributed by atoms with Gasteiger partial charge in [-0.2, -0.15) is 5.10 Å². The van der Waals surface area contributed by atoms with Crippen LogP contribution in [0.15, 0.2) is 72.8 Å². The van der Waals surface area contributed by atoms with Crippen molar-refractivity contribution in [3.63, 3.8) is 0 Å². The van der Waals surface area contributed by atoms with Gasteiger partial charge in [-0.3, -0.25) is 20.4 Å². The van der Waals surface area contributed by atoms with Crippen LogP contribution >= 0.6 is 34.8 Å². The standard InChI is InChI=1S/C27H23Cl3N4O2/c1-16-23(25(35)31-32-26(36)27(2,3)18-7-5-4-6-8-18)33-34(22-14-13-20(29)15-21(22)30)24(16)17-9-11-19(28)12-10-17/h4-15H,1-3H3,(H,31,35)(H,32,36). The maximum Gasteiger partial charge on any atom is 0.290 e. The SMILES string of the molecule is Cc1c(C(=O)NNC(=O)C(C)(C)c2ccccc2)nn(-c2ccc(Cl)cc2Cl)c1-c1ccc(Cl)cc1. The van der Waals surface area contributed by atoms with Crippen molar-refractivity contribution in [2.75, 3.05) is 0 Å². The number of nitrogens with zero attached hydrogens (tertiary/aromatic N) is 2. The average Bonchev–Trinajstić information content (AvgIpc) is 3.20. The van der Waals surface area contributed by atoms with Crippen LogP contribution in [-0.2, 0) is 10.2 Å². The molecule has 0 fully saturated rings. The molecular weight excluding hydrogens is 519 g/mol. The van der Waals surface area contributed by atoms with Crippen molar-refractivity contribution in [1.82, 2.24) is 20.6 Å². The van der Waals surface area contributed by atoms with Gasteiger partial charge in [-0.15, -0.1) is 0 Å². The summed E-state index contributed by atoms with van der Waals surface area (Å²) < 4.78 is 1.59. The number of halogens is 3. The van der Waals surface area contributed by atoms with E-state index >= 15 is 0 Å². The van der Waals surface area contributed by atoms with Gasteiger partial charge in [0.05, 0.1) is 21.8 Å². The third-order valence-corrected chi connectivity index (χ3v) is 6.74. The van der Waals surface area contributed by atoms with Gasteiger partial charge in [0.15, 0.2) is 5.69 Å². The first-order valence-electron chi connectivity index (χ1n) is 11.1. The smallest absolute Gasteiger partial charge is 0.272 e. The van der Waals surface area contributed by atoms with E-state index in [1.165, 1.54) is 0 Å². The number of nitrogens with one attached hydrogen (secondary N) is 2. The minimum Gasteiger partial charge on any atom is -0.272 e. The van der Waals surface area contributed by atoms with E-state index < -0.39 is 11.3 Å². The fourth-order valence-electron chi connectivity index (χ4n) is 3.80. The second kappa shape index (κ2) is 10.3. The molecule has 0 spiro atoms. The molecule has 1 heterocycles. The van der Waals surface area contributed by atoms with Gasteiger partial charge < -0.3 is 0 Å². The molecule has 1 aromatic heterocycles. The Bertz CT molecular complexity index is 1430. The maximum atomic E-state index is 13.2. The van der Waals surface area contributed by atoms with Crippen molar-refractivity contribution >= 4 is 46.6 Å². The molecule has 0 saturated carbocycles. The van der Waals surface area contributed by atoms with Crippen molar-refractivity contribution < 1.29 is 9.59 Å². The van der Waals surface area contributed by atoms with E-state index in [4.69, 9.17) is 34.8 Å². The summed E-state index contributed by atoms with van der Waals surface area (Å²) in [5.74, 6) is -0.929.